The van der Waals surface area contributed by atoms with E-state index in [4.69, 9.17) is 4.74 Å². The third-order valence-corrected chi connectivity index (χ3v) is 4.53. The standard InChI is InChI=1S/C14H10BrNO2S/c1-18-12-5-3-2-4-9(12)10(8-16)13(17)14-11(15)6-7-19-14/h2-7,10H,1H3. The topological polar surface area (TPSA) is 50.1 Å². The van der Waals surface area contributed by atoms with E-state index in [-0.39, 0.29) is 5.78 Å². The maximum atomic E-state index is 12.4. The van der Waals surface area contributed by atoms with Gasteiger partial charge in [-0.2, -0.15) is 5.26 Å². The lowest BCUT2D eigenvalue weighted by Gasteiger charge is -2.12. The van der Waals surface area contributed by atoms with Crippen LogP contribution in [-0.4, -0.2) is 12.9 Å². The number of hydrogen-bond donors (Lipinski definition) is 0. The Bertz CT molecular complexity index is 645. The molecule has 0 saturated heterocycles. The van der Waals surface area contributed by atoms with Crippen LogP contribution in [-0.2, 0) is 0 Å². The molecule has 1 aromatic heterocycles. The summed E-state index contributed by atoms with van der Waals surface area (Å²) in [6.45, 7) is 0. The van der Waals surface area contributed by atoms with Crippen molar-refractivity contribution in [3.05, 3.63) is 50.6 Å². The molecule has 5 heteroatoms. The van der Waals surface area contributed by atoms with E-state index in [9.17, 15) is 10.1 Å². The van der Waals surface area contributed by atoms with Crippen molar-refractivity contribution in [2.45, 2.75) is 5.92 Å². The molecule has 19 heavy (non-hydrogen) atoms. The molecule has 0 N–H and O–H groups in total. The van der Waals surface area contributed by atoms with Gasteiger partial charge in [0.05, 0.1) is 18.1 Å². The summed E-state index contributed by atoms with van der Waals surface area (Å²) in [6.07, 6.45) is 0. The van der Waals surface area contributed by atoms with E-state index in [1.165, 1.54) is 18.4 Å². The van der Waals surface area contributed by atoms with E-state index in [1.54, 1.807) is 24.3 Å². The SMILES string of the molecule is COc1ccccc1C(C#N)C(=O)c1sccc1Br. The molecule has 2 rings (SSSR count). The Morgan fingerprint density at radius 3 is 2.74 bits per heavy atom. The second-order valence-electron chi connectivity index (χ2n) is 3.77. The van der Waals surface area contributed by atoms with E-state index >= 15 is 0 Å². The van der Waals surface area contributed by atoms with Crippen LogP contribution in [0.5, 0.6) is 5.75 Å². The summed E-state index contributed by atoms with van der Waals surface area (Å²) >= 11 is 4.64. The minimum atomic E-state index is -0.855. The average molecular weight is 336 g/mol. The summed E-state index contributed by atoms with van der Waals surface area (Å²) in [4.78, 5) is 13.0. The molecular weight excluding hydrogens is 326 g/mol. The van der Waals surface area contributed by atoms with Crippen molar-refractivity contribution in [1.29, 1.82) is 5.26 Å². The highest BCUT2D eigenvalue weighted by atomic mass is 79.9. The quantitative estimate of drug-likeness (QED) is 0.793. The van der Waals surface area contributed by atoms with Crippen LogP contribution in [0, 0.1) is 11.3 Å². The number of carbonyl (C=O) groups excluding carboxylic acids is 1. The third-order valence-electron chi connectivity index (χ3n) is 2.68. The monoisotopic (exact) mass is 335 g/mol. The molecule has 0 aliphatic rings. The molecule has 1 heterocycles. The number of methoxy groups -OCH3 is 1. The molecule has 0 radical (unpaired) electrons. The first-order chi connectivity index (χ1) is 9.19. The molecule has 1 atom stereocenters. The number of carbonyl (C=O) groups is 1. The number of ether oxygens (including phenoxy) is 1. The fourth-order valence-corrected chi connectivity index (χ4v) is 3.31. The van der Waals surface area contributed by atoms with Crippen molar-refractivity contribution >= 4 is 33.0 Å². The summed E-state index contributed by atoms with van der Waals surface area (Å²) < 4.78 is 5.93. The summed E-state index contributed by atoms with van der Waals surface area (Å²) in [5.74, 6) is -0.518. The highest BCUT2D eigenvalue weighted by Gasteiger charge is 2.26. The van der Waals surface area contributed by atoms with Crippen LogP contribution in [0.3, 0.4) is 0 Å². The van der Waals surface area contributed by atoms with Crippen molar-refractivity contribution in [2.75, 3.05) is 7.11 Å². The number of benzene rings is 1. The fourth-order valence-electron chi connectivity index (χ4n) is 1.77. The smallest absolute Gasteiger partial charge is 0.195 e. The van der Waals surface area contributed by atoms with Gasteiger partial charge in [-0.15, -0.1) is 11.3 Å². The van der Waals surface area contributed by atoms with Gasteiger partial charge >= 0.3 is 0 Å². The number of Topliss-reactive ketones (excluding diaryl/α,β-unsaturated/α-hetero) is 1. The molecule has 0 spiro atoms. The molecule has 96 valence electrons. The highest BCUT2D eigenvalue weighted by molar-refractivity contribution is 9.10. The summed E-state index contributed by atoms with van der Waals surface area (Å²) in [5, 5.41) is 11.1. The molecule has 0 aliphatic heterocycles. The van der Waals surface area contributed by atoms with Crippen LogP contribution in [0.25, 0.3) is 0 Å². The maximum Gasteiger partial charge on any atom is 0.195 e. The van der Waals surface area contributed by atoms with Gasteiger partial charge in [0.25, 0.3) is 0 Å². The number of thiophene rings is 1. The van der Waals surface area contributed by atoms with E-state index in [0.717, 1.165) is 4.47 Å². The molecule has 0 fully saturated rings. The summed E-state index contributed by atoms with van der Waals surface area (Å²) in [5.41, 5.74) is 0.595. The number of halogens is 1. The summed E-state index contributed by atoms with van der Waals surface area (Å²) in [7, 11) is 1.53. The van der Waals surface area contributed by atoms with Gasteiger partial charge in [0.1, 0.15) is 11.7 Å². The first-order valence-corrected chi connectivity index (χ1v) is 7.16. The number of para-hydroxylation sites is 1. The molecule has 0 saturated carbocycles. The van der Waals surface area contributed by atoms with Crippen LogP contribution in [0.4, 0.5) is 0 Å². The van der Waals surface area contributed by atoms with Gasteiger partial charge in [-0.05, 0) is 33.4 Å². The van der Waals surface area contributed by atoms with Gasteiger partial charge in [-0.1, -0.05) is 18.2 Å². The lowest BCUT2D eigenvalue weighted by molar-refractivity contribution is 0.0981. The van der Waals surface area contributed by atoms with E-state index in [0.29, 0.717) is 16.2 Å². The number of ketones is 1. The summed E-state index contributed by atoms with van der Waals surface area (Å²) in [6, 6.07) is 11.0. The van der Waals surface area contributed by atoms with Gasteiger partial charge in [0.15, 0.2) is 5.78 Å². The van der Waals surface area contributed by atoms with E-state index in [2.05, 4.69) is 22.0 Å². The fraction of sp³-hybridized carbons (Fsp3) is 0.143. The van der Waals surface area contributed by atoms with Crippen LogP contribution in [0.2, 0.25) is 0 Å². The predicted molar refractivity (Wildman–Crippen MR) is 77.7 cm³/mol. The van der Waals surface area contributed by atoms with Gasteiger partial charge in [0.2, 0.25) is 0 Å². The largest absolute Gasteiger partial charge is 0.496 e. The molecule has 0 aliphatic carbocycles. The zero-order valence-corrected chi connectivity index (χ0v) is 12.5. The molecule has 1 aromatic carbocycles. The number of nitrogens with zero attached hydrogens (tertiary/aromatic N) is 1. The van der Waals surface area contributed by atoms with E-state index < -0.39 is 5.92 Å². The van der Waals surface area contributed by atoms with Gasteiger partial charge < -0.3 is 4.74 Å². The molecule has 2 aromatic rings. The molecule has 1 unspecified atom stereocenters. The van der Waals surface area contributed by atoms with Crippen molar-refractivity contribution in [1.82, 2.24) is 0 Å². The Morgan fingerprint density at radius 2 is 2.16 bits per heavy atom. The third kappa shape index (κ3) is 2.70. The Balaban J connectivity index is 2.44. The van der Waals surface area contributed by atoms with Crippen molar-refractivity contribution < 1.29 is 9.53 Å². The Kier molecular flexibility index (Phi) is 4.35. The Labute approximate surface area is 123 Å². The maximum absolute atomic E-state index is 12.4. The molecule has 0 amide bonds. The minimum absolute atomic E-state index is 0.214. The number of hydrogen-bond acceptors (Lipinski definition) is 4. The molecule has 3 nitrogen and oxygen atoms in total. The van der Waals surface area contributed by atoms with Crippen molar-refractivity contribution in [3.8, 4) is 11.8 Å². The number of rotatable bonds is 4. The molecule has 0 bridgehead atoms. The van der Waals surface area contributed by atoms with Crippen LogP contribution >= 0.6 is 27.3 Å². The van der Waals surface area contributed by atoms with Crippen LogP contribution in [0.1, 0.15) is 21.2 Å². The zero-order chi connectivity index (χ0) is 13.8. The van der Waals surface area contributed by atoms with Gasteiger partial charge in [-0.3, -0.25) is 4.79 Å². The average Bonchev–Trinajstić information content (AvgIpc) is 2.86. The van der Waals surface area contributed by atoms with Gasteiger partial charge in [-0.25, -0.2) is 0 Å². The van der Waals surface area contributed by atoms with Crippen molar-refractivity contribution in [2.24, 2.45) is 0 Å². The molecular formula is C14H10BrNO2S. The van der Waals surface area contributed by atoms with Crippen molar-refractivity contribution in [3.63, 3.8) is 0 Å². The Hall–Kier alpha value is -1.64. The normalized spacial score (nSPS) is 11.6. The van der Waals surface area contributed by atoms with Crippen LogP contribution in [0.15, 0.2) is 40.2 Å². The number of nitriles is 1. The first kappa shape index (κ1) is 13.8. The lowest BCUT2D eigenvalue weighted by atomic mass is 9.94. The Morgan fingerprint density at radius 1 is 1.42 bits per heavy atom. The lowest BCUT2D eigenvalue weighted by Crippen LogP contribution is -2.11. The van der Waals surface area contributed by atoms with E-state index in [1.807, 2.05) is 11.4 Å². The first-order valence-electron chi connectivity index (χ1n) is 5.48. The second-order valence-corrected chi connectivity index (χ2v) is 5.54. The van der Waals surface area contributed by atoms with Gasteiger partial charge in [0, 0.05) is 10.0 Å². The predicted octanol–water partition coefficient (Wildman–Crippen LogP) is 4.01. The zero-order valence-electron chi connectivity index (χ0n) is 10.1. The minimum Gasteiger partial charge on any atom is -0.496 e. The van der Waals surface area contributed by atoms with Crippen LogP contribution < -0.4 is 4.74 Å². The second kappa shape index (κ2) is 6.00. The highest BCUT2D eigenvalue weighted by Crippen LogP contribution is 2.32.